The number of Topliss-reactive ketones (excluding diaryl/α,β-unsaturated/α-hetero) is 1. The van der Waals surface area contributed by atoms with Gasteiger partial charge in [0.05, 0.1) is 6.61 Å². The molecule has 0 radical (unpaired) electrons. The van der Waals surface area contributed by atoms with E-state index in [1.54, 1.807) is 27.7 Å². The van der Waals surface area contributed by atoms with E-state index in [4.69, 9.17) is 28.4 Å². The molecule has 3 saturated heterocycles. The van der Waals surface area contributed by atoms with Crippen molar-refractivity contribution in [3.05, 3.63) is 0 Å². The fraction of sp³-hybridized carbons (Fsp3) is 0.875. The molecule has 0 unspecified atom stereocenters. The van der Waals surface area contributed by atoms with E-state index in [1.165, 1.54) is 0 Å². The predicted molar refractivity (Wildman–Crippen MR) is 79.2 cm³/mol. The van der Waals surface area contributed by atoms with Gasteiger partial charge >= 0.3 is 12.1 Å². The molecule has 0 amide bonds. The minimum Gasteiger partial charge on any atom is -0.459 e. The smallest absolute Gasteiger partial charge is 0.450 e. The molecule has 11 heteroatoms. The highest BCUT2D eigenvalue weighted by Gasteiger charge is 2.66. The van der Waals surface area contributed by atoms with Crippen LogP contribution in [0.15, 0.2) is 0 Å². The molecule has 3 heterocycles. The quantitative estimate of drug-likeness (QED) is 0.519. The number of rotatable bonds is 4. The summed E-state index contributed by atoms with van der Waals surface area (Å²) < 4.78 is 70.6. The van der Waals surface area contributed by atoms with Crippen molar-refractivity contribution in [2.24, 2.45) is 0 Å². The van der Waals surface area contributed by atoms with Crippen molar-refractivity contribution in [3.8, 4) is 0 Å². The molecular formula is C16H21F3O8. The summed E-state index contributed by atoms with van der Waals surface area (Å²) >= 11 is 0. The number of hydrogen-bond donors (Lipinski definition) is 0. The van der Waals surface area contributed by atoms with E-state index in [1.807, 2.05) is 0 Å². The average Bonchev–Trinajstić information content (AvgIpc) is 2.96. The summed E-state index contributed by atoms with van der Waals surface area (Å²) in [4.78, 5) is 22.6. The van der Waals surface area contributed by atoms with Gasteiger partial charge in [-0.1, -0.05) is 0 Å². The van der Waals surface area contributed by atoms with Crippen LogP contribution in [-0.4, -0.2) is 66.8 Å². The lowest BCUT2D eigenvalue weighted by Gasteiger charge is -2.40. The van der Waals surface area contributed by atoms with Crippen LogP contribution in [0.4, 0.5) is 13.2 Å². The lowest BCUT2D eigenvalue weighted by atomic mass is 9.97. The summed E-state index contributed by atoms with van der Waals surface area (Å²) in [6.07, 6.45) is -8.42. The summed E-state index contributed by atoms with van der Waals surface area (Å²) in [5.41, 5.74) is 0. The van der Waals surface area contributed by atoms with Crippen LogP contribution in [0.5, 0.6) is 0 Å². The molecule has 3 rings (SSSR count). The Hall–Kier alpha value is -1.27. The van der Waals surface area contributed by atoms with Gasteiger partial charge in [0, 0.05) is 0 Å². The standard InChI is InChI=1S/C16H21F3O8/c1-13(2)24-8-6-23-15(7-22-10(21)5-9(20)16(17,18)19)12(11(8)25-13)26-14(3,4)27-15/h8,11-12H,5-7H2,1-4H3/t8-,11-,12+,15+/m1/s1. The predicted octanol–water partition coefficient (Wildman–Crippen LogP) is 1.45. The summed E-state index contributed by atoms with van der Waals surface area (Å²) in [5, 5.41) is 0. The monoisotopic (exact) mass is 398 g/mol. The van der Waals surface area contributed by atoms with Crippen molar-refractivity contribution in [2.45, 2.75) is 76.0 Å². The molecule has 0 aromatic heterocycles. The largest absolute Gasteiger partial charge is 0.459 e. The zero-order valence-corrected chi connectivity index (χ0v) is 15.3. The lowest BCUT2D eigenvalue weighted by molar-refractivity contribution is -0.296. The minimum atomic E-state index is -5.11. The number of fused-ring (bicyclic) bond motifs is 3. The zero-order valence-electron chi connectivity index (χ0n) is 15.3. The van der Waals surface area contributed by atoms with Crippen LogP contribution in [0.25, 0.3) is 0 Å². The van der Waals surface area contributed by atoms with Crippen LogP contribution in [0.1, 0.15) is 34.1 Å². The maximum Gasteiger partial charge on any atom is 0.450 e. The van der Waals surface area contributed by atoms with Gasteiger partial charge in [-0.25, -0.2) is 0 Å². The van der Waals surface area contributed by atoms with Crippen molar-refractivity contribution in [1.82, 2.24) is 0 Å². The van der Waals surface area contributed by atoms with Gasteiger partial charge in [0.25, 0.3) is 0 Å². The SMILES string of the molecule is CC1(C)O[C@@H]2[C@@H](CO[C@@]3(COC(=O)CC(=O)C(F)(F)F)OC(C)(C)O[C@@H]23)O1. The molecule has 0 aromatic carbocycles. The Morgan fingerprint density at radius 2 is 1.74 bits per heavy atom. The van der Waals surface area contributed by atoms with Crippen molar-refractivity contribution < 1.29 is 51.2 Å². The number of esters is 1. The molecular weight excluding hydrogens is 377 g/mol. The molecule has 0 aliphatic carbocycles. The van der Waals surface area contributed by atoms with Crippen molar-refractivity contribution in [1.29, 1.82) is 0 Å². The third kappa shape index (κ3) is 4.11. The highest BCUT2D eigenvalue weighted by molar-refractivity contribution is 5.98. The Balaban J connectivity index is 1.71. The molecule has 3 aliphatic heterocycles. The molecule has 0 N–H and O–H groups in total. The Morgan fingerprint density at radius 3 is 2.37 bits per heavy atom. The Morgan fingerprint density at radius 1 is 1.07 bits per heavy atom. The molecule has 0 spiro atoms. The Bertz CT molecular complexity index is 632. The van der Waals surface area contributed by atoms with Crippen LogP contribution in [0.3, 0.4) is 0 Å². The first-order chi connectivity index (χ1) is 12.2. The second-order valence-corrected chi connectivity index (χ2v) is 7.56. The highest BCUT2D eigenvalue weighted by atomic mass is 19.4. The van der Waals surface area contributed by atoms with E-state index in [9.17, 15) is 22.8 Å². The van der Waals surface area contributed by atoms with Crippen molar-refractivity contribution in [3.63, 3.8) is 0 Å². The number of hydrogen-bond acceptors (Lipinski definition) is 8. The van der Waals surface area contributed by atoms with E-state index in [2.05, 4.69) is 0 Å². The van der Waals surface area contributed by atoms with Crippen molar-refractivity contribution >= 4 is 11.8 Å². The van der Waals surface area contributed by atoms with E-state index < -0.39 is 66.6 Å². The zero-order chi connectivity index (χ0) is 20.3. The van der Waals surface area contributed by atoms with Gasteiger partial charge in [0.1, 0.15) is 31.3 Å². The van der Waals surface area contributed by atoms with Gasteiger partial charge < -0.3 is 28.4 Å². The maximum absolute atomic E-state index is 12.3. The fourth-order valence-corrected chi connectivity index (χ4v) is 3.41. The number of ether oxygens (including phenoxy) is 6. The second-order valence-electron chi connectivity index (χ2n) is 7.56. The van der Waals surface area contributed by atoms with E-state index >= 15 is 0 Å². The average molecular weight is 398 g/mol. The number of halogens is 3. The summed E-state index contributed by atoms with van der Waals surface area (Å²) in [6, 6.07) is 0. The first-order valence-corrected chi connectivity index (χ1v) is 8.36. The van der Waals surface area contributed by atoms with Crippen molar-refractivity contribution in [2.75, 3.05) is 13.2 Å². The summed E-state index contributed by atoms with van der Waals surface area (Å²) in [7, 11) is 0. The topological polar surface area (TPSA) is 89.5 Å². The van der Waals surface area contributed by atoms with Crippen LogP contribution in [0, 0.1) is 0 Å². The molecule has 0 aromatic rings. The van der Waals surface area contributed by atoms with E-state index in [0.717, 1.165) is 0 Å². The highest BCUT2D eigenvalue weighted by Crippen LogP contribution is 2.47. The van der Waals surface area contributed by atoms with Gasteiger partial charge in [0.15, 0.2) is 11.6 Å². The van der Waals surface area contributed by atoms with Gasteiger partial charge in [-0.2, -0.15) is 13.2 Å². The normalized spacial score (nSPS) is 36.8. The Labute approximate surface area is 153 Å². The fourth-order valence-electron chi connectivity index (χ4n) is 3.41. The molecule has 8 nitrogen and oxygen atoms in total. The van der Waals surface area contributed by atoms with Crippen LogP contribution < -0.4 is 0 Å². The number of carbonyl (C=O) groups excluding carboxylic acids is 2. The number of carbonyl (C=O) groups is 2. The molecule has 0 saturated carbocycles. The third-order valence-electron chi connectivity index (χ3n) is 4.33. The third-order valence-corrected chi connectivity index (χ3v) is 4.33. The molecule has 3 aliphatic rings. The Kier molecular flexibility index (Phi) is 4.83. The van der Waals surface area contributed by atoms with Crippen LogP contribution >= 0.6 is 0 Å². The van der Waals surface area contributed by atoms with Gasteiger partial charge in [-0.05, 0) is 27.7 Å². The summed E-state index contributed by atoms with van der Waals surface area (Å²) in [6.45, 7) is 6.15. The number of alkyl halides is 3. The van der Waals surface area contributed by atoms with Crippen LogP contribution in [-0.2, 0) is 38.0 Å². The lowest BCUT2D eigenvalue weighted by Crippen LogP contribution is -2.60. The van der Waals surface area contributed by atoms with Gasteiger partial charge in [0.2, 0.25) is 11.6 Å². The van der Waals surface area contributed by atoms with E-state index in [-0.39, 0.29) is 6.61 Å². The first-order valence-electron chi connectivity index (χ1n) is 8.36. The molecule has 154 valence electrons. The summed E-state index contributed by atoms with van der Waals surface area (Å²) in [5.74, 6) is -7.12. The molecule has 4 atom stereocenters. The van der Waals surface area contributed by atoms with Gasteiger partial charge in [-0.3, -0.25) is 9.59 Å². The van der Waals surface area contributed by atoms with Gasteiger partial charge in [-0.15, -0.1) is 0 Å². The number of ketones is 1. The molecule has 27 heavy (non-hydrogen) atoms. The first kappa shape index (κ1) is 20.5. The maximum atomic E-state index is 12.3. The molecule has 3 fully saturated rings. The molecule has 0 bridgehead atoms. The van der Waals surface area contributed by atoms with E-state index in [0.29, 0.717) is 0 Å². The minimum absolute atomic E-state index is 0.0447. The van der Waals surface area contributed by atoms with Crippen LogP contribution in [0.2, 0.25) is 0 Å². The second kappa shape index (κ2) is 6.38.